The van der Waals surface area contributed by atoms with E-state index in [1.807, 2.05) is 6.92 Å². The van der Waals surface area contributed by atoms with Crippen LogP contribution in [0.2, 0.25) is 0 Å². The first-order valence-electron chi connectivity index (χ1n) is 5.32. The van der Waals surface area contributed by atoms with Gasteiger partial charge in [-0.2, -0.15) is 5.10 Å². The summed E-state index contributed by atoms with van der Waals surface area (Å²) in [6.07, 6.45) is 3.20. The molecule has 2 nitrogen and oxygen atoms in total. The molecule has 2 aromatic rings. The molecule has 0 saturated carbocycles. The molecule has 0 N–H and O–H groups in total. The van der Waals surface area contributed by atoms with E-state index < -0.39 is 17.5 Å². The summed E-state index contributed by atoms with van der Waals surface area (Å²) in [6.45, 7) is 2.00. The Bertz CT molecular complexity index is 535. The highest BCUT2D eigenvalue weighted by molar-refractivity contribution is 5.34. The number of halogens is 3. The Labute approximate surface area is 96.7 Å². The molecule has 0 radical (unpaired) electrons. The fourth-order valence-electron chi connectivity index (χ4n) is 1.58. The lowest BCUT2D eigenvalue weighted by molar-refractivity contribution is 0.443. The Morgan fingerprint density at radius 3 is 2.59 bits per heavy atom. The van der Waals surface area contributed by atoms with Gasteiger partial charge in [-0.05, 0) is 24.6 Å². The Balaban J connectivity index is 2.42. The zero-order valence-electron chi connectivity index (χ0n) is 9.25. The summed E-state index contributed by atoms with van der Waals surface area (Å²) in [5.74, 6) is -3.90. The van der Waals surface area contributed by atoms with Gasteiger partial charge < -0.3 is 0 Å². The molecule has 5 heteroatoms. The van der Waals surface area contributed by atoms with Crippen LogP contribution >= 0.6 is 0 Å². The molecule has 0 atom stereocenters. The van der Waals surface area contributed by atoms with Crippen LogP contribution in [0.15, 0.2) is 24.4 Å². The third kappa shape index (κ3) is 2.18. The van der Waals surface area contributed by atoms with E-state index in [0.717, 1.165) is 30.7 Å². The first kappa shape index (κ1) is 11.7. The molecule has 0 aliphatic carbocycles. The Hall–Kier alpha value is -1.78. The zero-order valence-corrected chi connectivity index (χ0v) is 9.25. The van der Waals surface area contributed by atoms with E-state index in [0.29, 0.717) is 0 Å². The van der Waals surface area contributed by atoms with Gasteiger partial charge in [-0.25, -0.2) is 17.9 Å². The largest absolute Gasteiger partial charge is 0.238 e. The summed E-state index contributed by atoms with van der Waals surface area (Å²) >= 11 is 0. The monoisotopic (exact) mass is 240 g/mol. The second-order valence-corrected chi connectivity index (χ2v) is 3.70. The van der Waals surface area contributed by atoms with Crippen molar-refractivity contribution < 1.29 is 13.2 Å². The first-order valence-corrected chi connectivity index (χ1v) is 5.32. The van der Waals surface area contributed by atoms with Gasteiger partial charge in [-0.3, -0.25) is 0 Å². The van der Waals surface area contributed by atoms with E-state index in [4.69, 9.17) is 0 Å². The molecule has 0 unspecified atom stereocenters. The Morgan fingerprint density at radius 1 is 1.12 bits per heavy atom. The number of benzene rings is 1. The second kappa shape index (κ2) is 4.61. The van der Waals surface area contributed by atoms with Crippen molar-refractivity contribution in [3.05, 3.63) is 47.5 Å². The number of hydrogen-bond acceptors (Lipinski definition) is 1. The normalized spacial score (nSPS) is 10.8. The van der Waals surface area contributed by atoms with Gasteiger partial charge in [-0.15, -0.1) is 0 Å². The first-order chi connectivity index (χ1) is 8.13. The summed E-state index contributed by atoms with van der Waals surface area (Å²) in [6, 6.07) is 3.77. The average Bonchev–Trinajstić information content (AvgIpc) is 2.75. The zero-order chi connectivity index (χ0) is 12.4. The van der Waals surface area contributed by atoms with Gasteiger partial charge in [0, 0.05) is 6.20 Å². The fraction of sp³-hybridized carbons (Fsp3) is 0.250. The molecular formula is C12H11F3N2. The number of aromatic nitrogens is 2. The van der Waals surface area contributed by atoms with Crippen LogP contribution < -0.4 is 0 Å². The molecule has 90 valence electrons. The number of hydrogen-bond donors (Lipinski definition) is 0. The van der Waals surface area contributed by atoms with E-state index in [2.05, 4.69) is 5.10 Å². The van der Waals surface area contributed by atoms with Crippen LogP contribution in [0.4, 0.5) is 13.2 Å². The van der Waals surface area contributed by atoms with Crippen molar-refractivity contribution in [3.63, 3.8) is 0 Å². The maximum Gasteiger partial charge on any atom is 0.196 e. The van der Waals surface area contributed by atoms with E-state index >= 15 is 0 Å². The SMILES string of the molecule is CCCc1ccn(-c2ccc(F)c(F)c2F)n1. The van der Waals surface area contributed by atoms with Crippen molar-refractivity contribution in [3.8, 4) is 5.69 Å². The van der Waals surface area contributed by atoms with Crippen LogP contribution in [-0.2, 0) is 6.42 Å². The molecule has 0 spiro atoms. The minimum absolute atomic E-state index is 0.0914. The van der Waals surface area contributed by atoms with Gasteiger partial charge in [0.2, 0.25) is 0 Å². The molecule has 0 aliphatic rings. The fourth-order valence-corrected chi connectivity index (χ4v) is 1.58. The van der Waals surface area contributed by atoms with Crippen LogP contribution in [0.3, 0.4) is 0 Å². The molecule has 1 aromatic heterocycles. The lowest BCUT2D eigenvalue weighted by atomic mass is 10.3. The molecule has 0 aliphatic heterocycles. The summed E-state index contributed by atoms with van der Waals surface area (Å²) in [5.41, 5.74) is 0.697. The van der Waals surface area contributed by atoms with Crippen molar-refractivity contribution in [2.24, 2.45) is 0 Å². The third-order valence-electron chi connectivity index (χ3n) is 2.41. The summed E-state index contributed by atoms with van der Waals surface area (Å²) in [7, 11) is 0. The Kier molecular flexibility index (Phi) is 3.17. The molecule has 0 bridgehead atoms. The minimum Gasteiger partial charge on any atom is -0.238 e. The number of rotatable bonds is 3. The predicted octanol–water partition coefficient (Wildman–Crippen LogP) is 3.24. The molecule has 1 heterocycles. The molecule has 0 saturated heterocycles. The highest BCUT2D eigenvalue weighted by Crippen LogP contribution is 2.18. The highest BCUT2D eigenvalue weighted by atomic mass is 19.2. The summed E-state index contributed by atoms with van der Waals surface area (Å²) in [4.78, 5) is 0. The number of nitrogens with zero attached hydrogens (tertiary/aromatic N) is 2. The predicted molar refractivity (Wildman–Crippen MR) is 57.4 cm³/mol. The maximum absolute atomic E-state index is 13.5. The quantitative estimate of drug-likeness (QED) is 0.753. The average molecular weight is 240 g/mol. The van der Waals surface area contributed by atoms with Crippen LogP contribution in [-0.4, -0.2) is 9.78 Å². The van der Waals surface area contributed by atoms with E-state index in [9.17, 15) is 13.2 Å². The molecule has 2 rings (SSSR count). The molecule has 1 aromatic carbocycles. The van der Waals surface area contributed by atoms with Crippen LogP contribution in [0.25, 0.3) is 5.69 Å². The van der Waals surface area contributed by atoms with Gasteiger partial charge in [0.05, 0.1) is 5.69 Å². The van der Waals surface area contributed by atoms with Crippen molar-refractivity contribution in [1.82, 2.24) is 9.78 Å². The standard InChI is InChI=1S/C12H11F3N2/c1-2-3-8-6-7-17(16-8)10-5-4-9(13)11(14)12(10)15/h4-7H,2-3H2,1H3. The van der Waals surface area contributed by atoms with Gasteiger partial charge in [0.1, 0.15) is 5.69 Å². The van der Waals surface area contributed by atoms with Crippen molar-refractivity contribution >= 4 is 0 Å². The van der Waals surface area contributed by atoms with Crippen molar-refractivity contribution in [2.45, 2.75) is 19.8 Å². The smallest absolute Gasteiger partial charge is 0.196 e. The van der Waals surface area contributed by atoms with Gasteiger partial charge >= 0.3 is 0 Å². The minimum atomic E-state index is -1.48. The molecule has 0 amide bonds. The molecular weight excluding hydrogens is 229 g/mol. The lowest BCUT2D eigenvalue weighted by Gasteiger charge is -2.04. The van der Waals surface area contributed by atoms with E-state index in [-0.39, 0.29) is 5.69 Å². The molecule has 0 fully saturated rings. The van der Waals surface area contributed by atoms with Gasteiger partial charge in [0.25, 0.3) is 0 Å². The topological polar surface area (TPSA) is 17.8 Å². The summed E-state index contributed by atoms with van der Waals surface area (Å²) in [5, 5.41) is 4.09. The van der Waals surface area contributed by atoms with E-state index in [1.54, 1.807) is 6.07 Å². The molecule has 17 heavy (non-hydrogen) atoms. The van der Waals surface area contributed by atoms with Crippen molar-refractivity contribution in [1.29, 1.82) is 0 Å². The third-order valence-corrected chi connectivity index (χ3v) is 2.41. The van der Waals surface area contributed by atoms with Gasteiger partial charge in [0.15, 0.2) is 17.5 Å². The maximum atomic E-state index is 13.5. The second-order valence-electron chi connectivity index (χ2n) is 3.70. The van der Waals surface area contributed by atoms with Crippen LogP contribution in [0, 0.1) is 17.5 Å². The number of aryl methyl sites for hydroxylation is 1. The van der Waals surface area contributed by atoms with Crippen molar-refractivity contribution in [2.75, 3.05) is 0 Å². The van der Waals surface area contributed by atoms with Gasteiger partial charge in [-0.1, -0.05) is 13.3 Å². The Morgan fingerprint density at radius 2 is 1.88 bits per heavy atom. The highest BCUT2D eigenvalue weighted by Gasteiger charge is 2.15. The van der Waals surface area contributed by atoms with E-state index in [1.165, 1.54) is 10.9 Å². The van der Waals surface area contributed by atoms with Crippen LogP contribution in [0.5, 0.6) is 0 Å². The van der Waals surface area contributed by atoms with Crippen LogP contribution in [0.1, 0.15) is 19.0 Å². The lowest BCUT2D eigenvalue weighted by Crippen LogP contribution is -2.03. The summed E-state index contributed by atoms with van der Waals surface area (Å²) < 4.78 is 40.5.